The molecular formula is C30H47N5O3S. The van der Waals surface area contributed by atoms with Gasteiger partial charge in [0.25, 0.3) is 5.91 Å². The summed E-state index contributed by atoms with van der Waals surface area (Å²) in [5.41, 5.74) is 2.16. The van der Waals surface area contributed by atoms with Crippen LogP contribution in [0.25, 0.3) is 5.65 Å². The van der Waals surface area contributed by atoms with Crippen LogP contribution < -0.4 is 5.32 Å². The molecule has 0 saturated carbocycles. The van der Waals surface area contributed by atoms with Crippen molar-refractivity contribution < 1.29 is 13.2 Å². The van der Waals surface area contributed by atoms with E-state index in [1.165, 1.54) is 51.4 Å². The van der Waals surface area contributed by atoms with Crippen LogP contribution in [0.4, 0.5) is 5.69 Å². The number of fused-ring (bicyclic) bond motifs is 1. The van der Waals surface area contributed by atoms with Crippen molar-refractivity contribution in [2.75, 3.05) is 16.8 Å². The van der Waals surface area contributed by atoms with Crippen molar-refractivity contribution >= 4 is 27.1 Å². The molecule has 0 saturated heterocycles. The Labute approximate surface area is 234 Å². The van der Waals surface area contributed by atoms with Gasteiger partial charge in [0.05, 0.1) is 11.5 Å². The molecule has 1 aromatic carbocycles. The maximum absolute atomic E-state index is 13.2. The third-order valence-electron chi connectivity index (χ3n) is 7.43. The number of nitrogens with one attached hydrogen (secondary N) is 2. The summed E-state index contributed by atoms with van der Waals surface area (Å²) in [6.07, 6.45) is 14.2. The van der Waals surface area contributed by atoms with Gasteiger partial charge in [-0.2, -0.15) is 0 Å². The van der Waals surface area contributed by atoms with Crippen molar-refractivity contribution in [3.63, 3.8) is 0 Å². The summed E-state index contributed by atoms with van der Waals surface area (Å²) in [4.78, 5) is 12.9. The molecule has 8 nitrogen and oxygen atoms in total. The zero-order valence-corrected chi connectivity index (χ0v) is 24.9. The zero-order chi connectivity index (χ0) is 28.1. The van der Waals surface area contributed by atoms with Gasteiger partial charge in [-0.25, -0.2) is 12.9 Å². The number of aryl methyl sites for hydroxylation is 2. The standard InChI is InChI=1S/C30H47N5O3S/c1-4-6-8-10-11-14-18-25(17-13-9-7-5-2)23-39(37,38)22-21-27-32-33-29-28(24(3)34-35(27)29)30(36)31-26-19-15-12-16-20-26/h12,15-16,19-20,25,34H,4-11,13-14,17-18,21-23H2,1-3H3,(H,31,36). The minimum atomic E-state index is -3.25. The second kappa shape index (κ2) is 15.8. The highest BCUT2D eigenvalue weighted by Gasteiger charge is 2.24. The lowest BCUT2D eigenvalue weighted by Gasteiger charge is -2.17. The molecule has 0 spiro atoms. The normalized spacial score (nSPS) is 12.7. The first-order chi connectivity index (χ1) is 18.8. The number of anilines is 1. The van der Waals surface area contributed by atoms with Gasteiger partial charge in [-0.1, -0.05) is 96.3 Å². The molecule has 0 bridgehead atoms. The van der Waals surface area contributed by atoms with E-state index in [-0.39, 0.29) is 29.8 Å². The summed E-state index contributed by atoms with van der Waals surface area (Å²) >= 11 is 0. The Hall–Kier alpha value is -2.68. The fourth-order valence-corrected chi connectivity index (χ4v) is 6.92. The molecule has 3 rings (SSSR count). The van der Waals surface area contributed by atoms with Crippen LogP contribution in [0.1, 0.15) is 113 Å². The quantitative estimate of drug-likeness (QED) is 0.156. The van der Waals surface area contributed by atoms with Crippen LogP contribution in [-0.2, 0) is 16.3 Å². The second-order valence-electron chi connectivity index (χ2n) is 10.8. The van der Waals surface area contributed by atoms with Crippen molar-refractivity contribution in [1.82, 2.24) is 19.8 Å². The van der Waals surface area contributed by atoms with Gasteiger partial charge in [-0.3, -0.25) is 9.89 Å². The van der Waals surface area contributed by atoms with Crippen LogP contribution in [0.3, 0.4) is 0 Å². The fourth-order valence-electron chi connectivity index (χ4n) is 5.21. The van der Waals surface area contributed by atoms with Crippen LogP contribution >= 0.6 is 0 Å². The number of para-hydroxylation sites is 1. The zero-order valence-electron chi connectivity index (χ0n) is 24.0. The number of sulfone groups is 1. The molecule has 39 heavy (non-hydrogen) atoms. The van der Waals surface area contributed by atoms with E-state index < -0.39 is 9.84 Å². The van der Waals surface area contributed by atoms with Crippen LogP contribution in [0.15, 0.2) is 30.3 Å². The first-order valence-electron chi connectivity index (χ1n) is 14.8. The molecule has 0 aliphatic rings. The van der Waals surface area contributed by atoms with Crippen LogP contribution in [0, 0.1) is 12.8 Å². The number of nitrogens with zero attached hydrogens (tertiary/aromatic N) is 3. The lowest BCUT2D eigenvalue weighted by Crippen LogP contribution is -2.21. The van der Waals surface area contributed by atoms with Crippen molar-refractivity contribution in [1.29, 1.82) is 0 Å². The molecule has 2 N–H and O–H groups in total. The van der Waals surface area contributed by atoms with Gasteiger partial charge in [0.15, 0.2) is 21.3 Å². The van der Waals surface area contributed by atoms with Gasteiger partial charge in [-0.05, 0) is 37.8 Å². The fraction of sp³-hybridized carbons (Fsp3) is 0.633. The number of aromatic nitrogens is 4. The number of hydrogen-bond donors (Lipinski definition) is 2. The van der Waals surface area contributed by atoms with E-state index in [1.807, 2.05) is 30.3 Å². The monoisotopic (exact) mass is 557 g/mol. The predicted octanol–water partition coefficient (Wildman–Crippen LogP) is 6.91. The van der Waals surface area contributed by atoms with Gasteiger partial charge in [0, 0.05) is 17.8 Å². The molecule has 1 unspecified atom stereocenters. The first-order valence-corrected chi connectivity index (χ1v) is 16.7. The van der Waals surface area contributed by atoms with Gasteiger partial charge in [0.2, 0.25) is 0 Å². The number of carbonyl (C=O) groups is 1. The highest BCUT2D eigenvalue weighted by Crippen LogP contribution is 2.22. The van der Waals surface area contributed by atoms with Gasteiger partial charge in [0.1, 0.15) is 5.56 Å². The Morgan fingerprint density at radius 2 is 1.54 bits per heavy atom. The summed E-state index contributed by atoms with van der Waals surface area (Å²) < 4.78 is 28.0. The molecule has 2 aromatic heterocycles. The molecule has 0 radical (unpaired) electrons. The third kappa shape index (κ3) is 9.78. The molecule has 0 aliphatic carbocycles. The van der Waals surface area contributed by atoms with Crippen molar-refractivity contribution in [2.45, 2.75) is 104 Å². The van der Waals surface area contributed by atoms with E-state index in [1.54, 1.807) is 11.4 Å². The molecule has 1 atom stereocenters. The van der Waals surface area contributed by atoms with Crippen molar-refractivity contribution in [3.8, 4) is 0 Å². The predicted molar refractivity (Wildman–Crippen MR) is 159 cm³/mol. The SMILES string of the molecule is CCCCCCCCC(CCCCCC)CS(=O)(=O)CCc1nnc2c(C(=O)Nc3ccccc3)c(C)[nH]n12. The number of amides is 1. The van der Waals surface area contributed by atoms with Crippen molar-refractivity contribution in [2.24, 2.45) is 5.92 Å². The number of H-pyrrole nitrogens is 1. The summed E-state index contributed by atoms with van der Waals surface area (Å²) in [7, 11) is -3.25. The van der Waals surface area contributed by atoms with Crippen LogP contribution in [0.2, 0.25) is 0 Å². The van der Waals surface area contributed by atoms with E-state index in [4.69, 9.17) is 0 Å². The van der Waals surface area contributed by atoms with Crippen LogP contribution in [0.5, 0.6) is 0 Å². The lowest BCUT2D eigenvalue weighted by molar-refractivity contribution is 0.102. The van der Waals surface area contributed by atoms with E-state index >= 15 is 0 Å². The Balaban J connectivity index is 1.60. The van der Waals surface area contributed by atoms with Crippen LogP contribution in [-0.4, -0.2) is 45.6 Å². The van der Waals surface area contributed by atoms with E-state index in [0.29, 0.717) is 28.4 Å². The molecule has 2 heterocycles. The smallest absolute Gasteiger partial charge is 0.261 e. The average Bonchev–Trinajstić information content (AvgIpc) is 3.45. The largest absolute Gasteiger partial charge is 0.322 e. The first kappa shape index (κ1) is 30.9. The molecule has 1 amide bonds. The van der Waals surface area contributed by atoms with E-state index in [9.17, 15) is 13.2 Å². The molecule has 0 aliphatic heterocycles. The molecule has 216 valence electrons. The Morgan fingerprint density at radius 1 is 0.923 bits per heavy atom. The van der Waals surface area contributed by atoms with E-state index in [0.717, 1.165) is 25.7 Å². The number of benzene rings is 1. The van der Waals surface area contributed by atoms with Gasteiger partial charge < -0.3 is 5.32 Å². The number of hydrogen-bond acceptors (Lipinski definition) is 5. The Kier molecular flexibility index (Phi) is 12.5. The topological polar surface area (TPSA) is 109 Å². The minimum absolute atomic E-state index is 0.0271. The minimum Gasteiger partial charge on any atom is -0.322 e. The Morgan fingerprint density at radius 3 is 2.21 bits per heavy atom. The maximum atomic E-state index is 13.2. The molecular weight excluding hydrogens is 510 g/mol. The number of aromatic amines is 1. The highest BCUT2D eigenvalue weighted by molar-refractivity contribution is 7.91. The highest BCUT2D eigenvalue weighted by atomic mass is 32.2. The summed E-state index contributed by atoms with van der Waals surface area (Å²) in [6.45, 7) is 6.23. The summed E-state index contributed by atoms with van der Waals surface area (Å²) in [6, 6.07) is 9.24. The number of unbranched alkanes of at least 4 members (excludes halogenated alkanes) is 8. The molecule has 9 heteroatoms. The molecule has 0 fully saturated rings. The summed E-state index contributed by atoms with van der Waals surface area (Å²) in [5.74, 6) is 0.726. The van der Waals surface area contributed by atoms with Gasteiger partial charge in [-0.15, -0.1) is 10.2 Å². The Bertz CT molecular complexity index is 1250. The van der Waals surface area contributed by atoms with Crippen molar-refractivity contribution in [3.05, 3.63) is 47.4 Å². The maximum Gasteiger partial charge on any atom is 0.261 e. The second-order valence-corrected chi connectivity index (χ2v) is 13.1. The molecule has 3 aromatic rings. The average molecular weight is 558 g/mol. The number of rotatable bonds is 19. The number of carbonyl (C=O) groups excluding carboxylic acids is 1. The lowest BCUT2D eigenvalue weighted by atomic mass is 9.96. The van der Waals surface area contributed by atoms with Gasteiger partial charge >= 0.3 is 0 Å². The summed E-state index contributed by atoms with van der Waals surface area (Å²) in [5, 5.41) is 14.5. The van der Waals surface area contributed by atoms with E-state index in [2.05, 4.69) is 34.5 Å². The third-order valence-corrected chi connectivity index (χ3v) is 9.23.